The maximum Gasteiger partial charge on any atom is 0.452 e. The maximum absolute atomic E-state index is 10.6. The number of hydrogen-bond donors (Lipinski definition) is 0. The van der Waals surface area contributed by atoms with Gasteiger partial charge in [0.15, 0.2) is 6.29 Å². The second-order valence-electron chi connectivity index (χ2n) is 2.06. The van der Waals surface area contributed by atoms with Gasteiger partial charge in [-0.15, -0.1) is 5.11 Å². The van der Waals surface area contributed by atoms with Crippen molar-refractivity contribution in [1.29, 1.82) is 0 Å². The average molecular weight is 174 g/mol. The molecule has 1 heterocycles. The Bertz CT molecular complexity index is 188. The van der Waals surface area contributed by atoms with Crippen LogP contribution in [0.5, 0.6) is 0 Å². The summed E-state index contributed by atoms with van der Waals surface area (Å²) in [6, 6.07) is 0. The first kappa shape index (κ1) is 9.08. The van der Waals surface area contributed by atoms with E-state index >= 15 is 0 Å². The summed E-state index contributed by atoms with van der Waals surface area (Å²) in [7, 11) is 0. The maximum atomic E-state index is 10.6. The Kier molecular flexibility index (Phi) is 3.12. The molecule has 0 aliphatic carbocycles. The van der Waals surface area contributed by atoms with Crippen LogP contribution in [0.4, 0.5) is 4.79 Å². The van der Waals surface area contributed by atoms with E-state index in [9.17, 15) is 4.79 Å². The van der Waals surface area contributed by atoms with Gasteiger partial charge < -0.3 is 14.2 Å². The monoisotopic (exact) mass is 174 g/mol. The second kappa shape index (κ2) is 4.13. The van der Waals surface area contributed by atoms with E-state index in [1.807, 2.05) is 0 Å². The minimum Gasteiger partial charge on any atom is -0.447 e. The molecule has 0 aromatic rings. The number of carbonyl (C=O) groups is 1. The van der Waals surface area contributed by atoms with Crippen molar-refractivity contribution in [3.63, 3.8) is 0 Å². The first-order valence-corrected chi connectivity index (χ1v) is 3.61. The van der Waals surface area contributed by atoms with Gasteiger partial charge in [-0.3, -0.25) is 0 Å². The molecule has 1 aliphatic heterocycles. The lowest BCUT2D eigenvalue weighted by molar-refractivity contribution is -0.373. The summed E-state index contributed by atoms with van der Waals surface area (Å²) in [6.45, 7) is 3.68. The molecule has 1 fully saturated rings. The molecule has 0 saturated carbocycles. The standard InChI is InChI=1S/C6H10N2O4/c1-3-10-5(9)7-8-6-11-4(2)12-6/h4,6H,3H2,1-2H3/b8-7+. The lowest BCUT2D eigenvalue weighted by Crippen LogP contribution is -2.36. The van der Waals surface area contributed by atoms with Crippen molar-refractivity contribution in [2.45, 2.75) is 26.6 Å². The van der Waals surface area contributed by atoms with Gasteiger partial charge in [-0.05, 0) is 13.8 Å². The summed E-state index contributed by atoms with van der Waals surface area (Å²) in [5, 5.41) is 6.59. The van der Waals surface area contributed by atoms with Crippen LogP contribution in [0, 0.1) is 0 Å². The number of nitrogens with zero attached hydrogens (tertiary/aromatic N) is 2. The Morgan fingerprint density at radius 2 is 2.25 bits per heavy atom. The van der Waals surface area contributed by atoms with Gasteiger partial charge in [-0.1, -0.05) is 5.11 Å². The smallest absolute Gasteiger partial charge is 0.447 e. The molecule has 12 heavy (non-hydrogen) atoms. The average Bonchev–Trinajstić information content (AvgIpc) is 1.96. The number of ether oxygens (including phenoxy) is 3. The van der Waals surface area contributed by atoms with Crippen molar-refractivity contribution in [3.8, 4) is 0 Å². The molecule has 0 radical (unpaired) electrons. The quantitative estimate of drug-likeness (QED) is 0.591. The van der Waals surface area contributed by atoms with Crippen molar-refractivity contribution in [2.75, 3.05) is 6.61 Å². The van der Waals surface area contributed by atoms with Gasteiger partial charge in [-0.2, -0.15) is 0 Å². The fourth-order valence-corrected chi connectivity index (χ4v) is 0.639. The van der Waals surface area contributed by atoms with Crippen molar-refractivity contribution < 1.29 is 19.0 Å². The summed E-state index contributed by atoms with van der Waals surface area (Å²) < 4.78 is 14.2. The molecule has 0 aromatic heterocycles. The lowest BCUT2D eigenvalue weighted by Gasteiger charge is -2.28. The summed E-state index contributed by atoms with van der Waals surface area (Å²) in [6.07, 6.45) is -1.75. The third kappa shape index (κ3) is 2.55. The molecule has 1 rings (SSSR count). The molecule has 0 bridgehead atoms. The van der Waals surface area contributed by atoms with E-state index in [4.69, 9.17) is 9.47 Å². The van der Waals surface area contributed by atoms with Gasteiger partial charge in [-0.25, -0.2) is 4.79 Å². The van der Waals surface area contributed by atoms with E-state index < -0.39 is 12.5 Å². The van der Waals surface area contributed by atoms with Crippen LogP contribution in [0.25, 0.3) is 0 Å². The Balaban J connectivity index is 2.17. The largest absolute Gasteiger partial charge is 0.452 e. The van der Waals surface area contributed by atoms with Crippen LogP contribution in [-0.2, 0) is 14.2 Å². The SMILES string of the molecule is CCOC(=O)/N=N/C1OC(C)O1. The van der Waals surface area contributed by atoms with Crippen LogP contribution in [0.2, 0.25) is 0 Å². The molecule has 0 N–H and O–H groups in total. The van der Waals surface area contributed by atoms with E-state index in [1.165, 1.54) is 0 Å². The van der Waals surface area contributed by atoms with Crippen LogP contribution < -0.4 is 0 Å². The summed E-state index contributed by atoms with van der Waals surface area (Å²) in [5.41, 5.74) is 0. The zero-order chi connectivity index (χ0) is 8.97. The lowest BCUT2D eigenvalue weighted by atomic mass is 10.7. The molecule has 0 unspecified atom stereocenters. The van der Waals surface area contributed by atoms with Crippen LogP contribution in [0.3, 0.4) is 0 Å². The van der Waals surface area contributed by atoms with Gasteiger partial charge in [0.05, 0.1) is 6.61 Å². The van der Waals surface area contributed by atoms with Crippen molar-refractivity contribution >= 4 is 6.09 Å². The van der Waals surface area contributed by atoms with Crippen molar-refractivity contribution in [1.82, 2.24) is 0 Å². The molecule has 6 heteroatoms. The van der Waals surface area contributed by atoms with Crippen LogP contribution in [0.1, 0.15) is 13.8 Å². The van der Waals surface area contributed by atoms with Crippen LogP contribution in [0.15, 0.2) is 10.2 Å². The number of rotatable bonds is 2. The van der Waals surface area contributed by atoms with Gasteiger partial charge in [0.1, 0.15) is 0 Å². The molecule has 6 nitrogen and oxygen atoms in total. The molecule has 0 atom stereocenters. The summed E-state index contributed by atoms with van der Waals surface area (Å²) >= 11 is 0. The van der Waals surface area contributed by atoms with E-state index in [0.717, 1.165) is 0 Å². The molecule has 68 valence electrons. The highest BCUT2D eigenvalue weighted by atomic mass is 16.9. The first-order chi connectivity index (χ1) is 5.72. The second-order valence-corrected chi connectivity index (χ2v) is 2.06. The highest BCUT2D eigenvalue weighted by molar-refractivity contribution is 5.67. The molecule has 1 amide bonds. The Labute approximate surface area is 69.5 Å². The van der Waals surface area contributed by atoms with E-state index in [2.05, 4.69) is 15.0 Å². The van der Waals surface area contributed by atoms with Gasteiger partial charge in [0.25, 0.3) is 6.41 Å². The zero-order valence-electron chi connectivity index (χ0n) is 6.89. The van der Waals surface area contributed by atoms with E-state index in [1.54, 1.807) is 13.8 Å². The third-order valence-corrected chi connectivity index (χ3v) is 1.12. The van der Waals surface area contributed by atoms with Crippen LogP contribution in [-0.4, -0.2) is 25.4 Å². The fourth-order valence-electron chi connectivity index (χ4n) is 0.639. The molecule has 1 saturated heterocycles. The number of azo groups is 1. The van der Waals surface area contributed by atoms with Gasteiger partial charge in [0.2, 0.25) is 0 Å². The minimum absolute atomic E-state index is 0.267. The van der Waals surface area contributed by atoms with Gasteiger partial charge >= 0.3 is 6.09 Å². The normalized spacial score (nSPS) is 28.5. The molecular weight excluding hydrogens is 164 g/mol. The predicted molar refractivity (Wildman–Crippen MR) is 37.3 cm³/mol. The first-order valence-electron chi connectivity index (χ1n) is 3.61. The number of carbonyl (C=O) groups excluding carboxylic acids is 1. The Morgan fingerprint density at radius 3 is 2.75 bits per heavy atom. The zero-order valence-corrected chi connectivity index (χ0v) is 6.89. The third-order valence-electron chi connectivity index (χ3n) is 1.12. The predicted octanol–water partition coefficient (Wildman–Crippen LogP) is 1.27. The number of amides is 1. The van der Waals surface area contributed by atoms with E-state index in [0.29, 0.717) is 0 Å². The van der Waals surface area contributed by atoms with Crippen LogP contribution >= 0.6 is 0 Å². The Hall–Kier alpha value is -1.01. The summed E-state index contributed by atoms with van der Waals surface area (Å²) in [4.78, 5) is 10.6. The number of hydrogen-bond acceptors (Lipinski definition) is 5. The molecular formula is C6H10N2O4. The topological polar surface area (TPSA) is 69.5 Å². The van der Waals surface area contributed by atoms with Crippen molar-refractivity contribution in [2.24, 2.45) is 10.2 Å². The Morgan fingerprint density at radius 1 is 1.58 bits per heavy atom. The highest BCUT2D eigenvalue weighted by Gasteiger charge is 2.26. The molecule has 0 spiro atoms. The van der Waals surface area contributed by atoms with Gasteiger partial charge in [0, 0.05) is 0 Å². The highest BCUT2D eigenvalue weighted by Crippen LogP contribution is 2.16. The molecule has 0 aromatic carbocycles. The minimum atomic E-state index is -0.746. The summed E-state index contributed by atoms with van der Waals surface area (Å²) in [5.74, 6) is 0. The fraction of sp³-hybridized carbons (Fsp3) is 0.833. The molecule has 1 aliphatic rings. The van der Waals surface area contributed by atoms with Crippen molar-refractivity contribution in [3.05, 3.63) is 0 Å². The van der Waals surface area contributed by atoms with E-state index in [-0.39, 0.29) is 12.9 Å².